The zero-order chi connectivity index (χ0) is 27.2. The highest BCUT2D eigenvalue weighted by atomic mass is 32.2. The van der Waals surface area contributed by atoms with Crippen molar-refractivity contribution in [3.05, 3.63) is 105 Å². The summed E-state index contributed by atoms with van der Waals surface area (Å²) in [6.07, 6.45) is 0. The van der Waals surface area contributed by atoms with E-state index in [1.54, 1.807) is 25.1 Å². The van der Waals surface area contributed by atoms with Crippen molar-refractivity contribution in [1.82, 2.24) is 0 Å². The summed E-state index contributed by atoms with van der Waals surface area (Å²) in [5.74, 6) is -0.734. The van der Waals surface area contributed by atoms with Crippen molar-refractivity contribution in [3.63, 3.8) is 0 Å². The lowest BCUT2D eigenvalue weighted by Gasteiger charge is -2.13. The number of hydrogen-bond acceptors (Lipinski definition) is 7. The quantitative estimate of drug-likeness (QED) is 0.142. The molecule has 0 aliphatic heterocycles. The standard InChI is InChI=1S/C28H22N4O4S2/c1-17-9-11-19(12-10-17)25-16-37-28(24(25)15-29)31-26(33)18(2)38-23-8-4-6-21(14-23)30-27(34)20-5-3-7-22(13-20)32(35)36/h3-14,16,18H,1-2H3,(H,30,34)(H,31,33). The van der Waals surface area contributed by atoms with Crippen molar-refractivity contribution in [1.29, 1.82) is 5.26 Å². The lowest BCUT2D eigenvalue weighted by Crippen LogP contribution is -2.22. The summed E-state index contributed by atoms with van der Waals surface area (Å²) in [5.41, 5.74) is 3.73. The number of thioether (sulfide) groups is 1. The van der Waals surface area contributed by atoms with Gasteiger partial charge in [0.15, 0.2) is 0 Å². The fourth-order valence-corrected chi connectivity index (χ4v) is 5.44. The molecule has 1 unspecified atom stereocenters. The topological polar surface area (TPSA) is 125 Å². The van der Waals surface area contributed by atoms with Gasteiger partial charge in [-0.05, 0) is 43.7 Å². The summed E-state index contributed by atoms with van der Waals surface area (Å²) in [7, 11) is 0. The fourth-order valence-electron chi connectivity index (χ4n) is 3.59. The molecule has 8 nitrogen and oxygen atoms in total. The minimum atomic E-state index is -0.556. The van der Waals surface area contributed by atoms with Gasteiger partial charge in [0.1, 0.15) is 11.1 Å². The molecule has 3 aromatic carbocycles. The van der Waals surface area contributed by atoms with Gasteiger partial charge in [-0.2, -0.15) is 5.26 Å². The number of nitro groups is 1. The van der Waals surface area contributed by atoms with Crippen LogP contribution in [0, 0.1) is 28.4 Å². The van der Waals surface area contributed by atoms with Crippen LogP contribution in [0.5, 0.6) is 0 Å². The molecule has 0 bridgehead atoms. The van der Waals surface area contributed by atoms with Crippen molar-refractivity contribution in [2.75, 3.05) is 10.6 Å². The third-order valence-corrected chi connectivity index (χ3v) is 7.58. The first-order chi connectivity index (χ1) is 18.2. The van der Waals surface area contributed by atoms with Crippen LogP contribution in [-0.2, 0) is 4.79 Å². The maximum Gasteiger partial charge on any atom is 0.270 e. The van der Waals surface area contributed by atoms with Gasteiger partial charge in [0, 0.05) is 39.2 Å². The van der Waals surface area contributed by atoms with Crippen LogP contribution < -0.4 is 10.6 Å². The zero-order valence-corrected chi connectivity index (χ0v) is 22.1. The Morgan fingerprint density at radius 3 is 2.50 bits per heavy atom. The minimum Gasteiger partial charge on any atom is -0.322 e. The van der Waals surface area contributed by atoms with E-state index in [1.807, 2.05) is 42.6 Å². The molecule has 0 spiro atoms. The molecule has 4 rings (SSSR count). The third-order valence-electron chi connectivity index (χ3n) is 5.60. The molecule has 10 heteroatoms. The normalized spacial score (nSPS) is 11.3. The monoisotopic (exact) mass is 542 g/mol. The van der Waals surface area contributed by atoms with Crippen LogP contribution >= 0.6 is 23.1 Å². The van der Waals surface area contributed by atoms with Gasteiger partial charge >= 0.3 is 0 Å². The van der Waals surface area contributed by atoms with Crippen molar-refractivity contribution in [3.8, 4) is 17.2 Å². The number of hydrogen-bond donors (Lipinski definition) is 2. The molecule has 0 radical (unpaired) electrons. The van der Waals surface area contributed by atoms with E-state index >= 15 is 0 Å². The smallest absolute Gasteiger partial charge is 0.270 e. The zero-order valence-electron chi connectivity index (χ0n) is 20.4. The Morgan fingerprint density at radius 2 is 1.79 bits per heavy atom. The van der Waals surface area contributed by atoms with E-state index < -0.39 is 16.1 Å². The number of nitriles is 1. The Hall–Kier alpha value is -4.46. The van der Waals surface area contributed by atoms with Crippen LogP contribution in [0.15, 0.2) is 83.1 Å². The number of aryl methyl sites for hydroxylation is 1. The summed E-state index contributed by atoms with van der Waals surface area (Å²) < 4.78 is 0. The summed E-state index contributed by atoms with van der Waals surface area (Å²) in [6, 6.07) is 22.5. The van der Waals surface area contributed by atoms with Crippen molar-refractivity contribution in [2.45, 2.75) is 24.0 Å². The molecule has 1 heterocycles. The molecular weight excluding hydrogens is 520 g/mol. The molecule has 2 amide bonds. The number of rotatable bonds is 8. The first-order valence-corrected chi connectivity index (χ1v) is 13.2. The van der Waals surface area contributed by atoms with Gasteiger partial charge in [0.05, 0.1) is 15.7 Å². The van der Waals surface area contributed by atoms with E-state index in [0.29, 0.717) is 16.3 Å². The number of thiophene rings is 1. The predicted octanol–water partition coefficient (Wildman–Crippen LogP) is 6.88. The molecule has 4 aromatic rings. The Bertz CT molecular complexity index is 1560. The largest absolute Gasteiger partial charge is 0.322 e. The first kappa shape index (κ1) is 26.6. The number of carbonyl (C=O) groups excluding carboxylic acids is 2. The SMILES string of the molecule is Cc1ccc(-c2csc(NC(=O)C(C)Sc3cccc(NC(=O)c4cccc([N+](=O)[O-])c4)c3)c2C#N)cc1. The number of amides is 2. The molecule has 2 N–H and O–H groups in total. The van der Waals surface area contributed by atoms with Crippen LogP contribution in [0.4, 0.5) is 16.4 Å². The van der Waals surface area contributed by atoms with Gasteiger partial charge in [-0.3, -0.25) is 19.7 Å². The molecule has 0 saturated heterocycles. The van der Waals surface area contributed by atoms with Gasteiger partial charge in [0.2, 0.25) is 5.91 Å². The van der Waals surface area contributed by atoms with Gasteiger partial charge < -0.3 is 10.6 Å². The number of nitrogens with one attached hydrogen (secondary N) is 2. The molecule has 0 aliphatic rings. The van der Waals surface area contributed by atoms with Crippen LogP contribution in [0.3, 0.4) is 0 Å². The lowest BCUT2D eigenvalue weighted by molar-refractivity contribution is -0.384. The van der Waals surface area contributed by atoms with Crippen LogP contribution in [0.1, 0.15) is 28.4 Å². The van der Waals surface area contributed by atoms with E-state index in [9.17, 15) is 25.0 Å². The van der Waals surface area contributed by atoms with Crippen LogP contribution in [-0.4, -0.2) is 22.0 Å². The average Bonchev–Trinajstić information content (AvgIpc) is 3.31. The molecule has 190 valence electrons. The maximum absolute atomic E-state index is 13.0. The Balaban J connectivity index is 1.42. The van der Waals surface area contributed by atoms with E-state index in [-0.39, 0.29) is 17.2 Å². The van der Waals surface area contributed by atoms with E-state index in [4.69, 9.17) is 0 Å². The number of nitro benzene ring substituents is 1. The molecule has 0 aliphatic carbocycles. The second kappa shape index (κ2) is 11.7. The van der Waals surface area contributed by atoms with Gasteiger partial charge in [-0.1, -0.05) is 42.0 Å². The number of anilines is 2. The summed E-state index contributed by atoms with van der Waals surface area (Å²) >= 11 is 2.61. The Kier molecular flexibility index (Phi) is 8.21. The Labute approximate surface area is 227 Å². The van der Waals surface area contributed by atoms with Crippen molar-refractivity contribution in [2.24, 2.45) is 0 Å². The van der Waals surface area contributed by atoms with Gasteiger partial charge in [0.25, 0.3) is 11.6 Å². The molecule has 0 saturated carbocycles. The van der Waals surface area contributed by atoms with E-state index in [2.05, 4.69) is 16.7 Å². The predicted molar refractivity (Wildman–Crippen MR) is 151 cm³/mol. The van der Waals surface area contributed by atoms with Crippen molar-refractivity contribution >= 4 is 51.3 Å². The third kappa shape index (κ3) is 6.26. The highest BCUT2D eigenvalue weighted by Gasteiger charge is 2.20. The number of non-ortho nitro benzene ring substituents is 1. The van der Waals surface area contributed by atoms with E-state index in [1.165, 1.54) is 47.4 Å². The average molecular weight is 543 g/mol. The van der Waals surface area contributed by atoms with Crippen LogP contribution in [0.25, 0.3) is 11.1 Å². The highest BCUT2D eigenvalue weighted by Crippen LogP contribution is 2.36. The summed E-state index contributed by atoms with van der Waals surface area (Å²) in [6.45, 7) is 3.75. The summed E-state index contributed by atoms with van der Waals surface area (Å²) in [5, 5.41) is 28.2. The molecular formula is C28H22N4O4S2. The highest BCUT2D eigenvalue weighted by molar-refractivity contribution is 8.00. The second-order valence-electron chi connectivity index (χ2n) is 8.37. The van der Waals surface area contributed by atoms with Gasteiger partial charge in [-0.25, -0.2) is 0 Å². The minimum absolute atomic E-state index is 0.166. The molecule has 1 aromatic heterocycles. The maximum atomic E-state index is 13.0. The molecule has 1 atom stereocenters. The van der Waals surface area contributed by atoms with Gasteiger partial charge in [-0.15, -0.1) is 23.1 Å². The number of nitrogens with zero attached hydrogens (tertiary/aromatic N) is 2. The number of carbonyl (C=O) groups is 2. The number of benzene rings is 3. The Morgan fingerprint density at radius 1 is 1.05 bits per heavy atom. The lowest BCUT2D eigenvalue weighted by atomic mass is 10.0. The second-order valence-corrected chi connectivity index (χ2v) is 10.7. The first-order valence-electron chi connectivity index (χ1n) is 11.5. The van der Waals surface area contributed by atoms with Crippen LogP contribution in [0.2, 0.25) is 0 Å². The fraction of sp³-hybridized carbons (Fsp3) is 0.107. The van der Waals surface area contributed by atoms with Crippen molar-refractivity contribution < 1.29 is 14.5 Å². The summed E-state index contributed by atoms with van der Waals surface area (Å²) in [4.78, 5) is 36.7. The van der Waals surface area contributed by atoms with E-state index in [0.717, 1.165) is 21.6 Å². The molecule has 0 fully saturated rings. The molecule has 38 heavy (non-hydrogen) atoms.